The van der Waals surface area contributed by atoms with Crippen molar-refractivity contribution in [3.63, 3.8) is 0 Å². The van der Waals surface area contributed by atoms with Crippen molar-refractivity contribution < 1.29 is 4.39 Å². The third-order valence-electron chi connectivity index (χ3n) is 2.51. The van der Waals surface area contributed by atoms with Crippen LogP contribution in [0.4, 0.5) is 4.39 Å². The zero-order valence-corrected chi connectivity index (χ0v) is 14.1. The van der Waals surface area contributed by atoms with Crippen LogP contribution in [-0.2, 0) is 0 Å². The maximum atomic E-state index is 14.0. The molecule has 1 unspecified atom stereocenters. The van der Waals surface area contributed by atoms with Crippen molar-refractivity contribution >= 4 is 54.8 Å². The van der Waals surface area contributed by atoms with E-state index < -0.39 is 0 Å². The van der Waals surface area contributed by atoms with Gasteiger partial charge in [-0.2, -0.15) is 0 Å². The summed E-state index contributed by atoms with van der Waals surface area (Å²) in [6.07, 6.45) is 0. The normalized spacial score (nSPS) is 12.7. The third kappa shape index (κ3) is 2.96. The summed E-state index contributed by atoms with van der Waals surface area (Å²) in [7, 11) is 1.80. The van der Waals surface area contributed by atoms with E-state index in [-0.39, 0.29) is 11.9 Å². The first kappa shape index (κ1) is 14.5. The first-order valence-corrected chi connectivity index (χ1v) is 7.88. The van der Waals surface area contributed by atoms with Crippen LogP contribution in [0.15, 0.2) is 33.2 Å². The number of hydrogen-bond donors (Lipinski definition) is 1. The van der Waals surface area contributed by atoms with Gasteiger partial charge in [0.05, 0.1) is 6.04 Å². The fourth-order valence-corrected chi connectivity index (χ4v) is 3.89. The van der Waals surface area contributed by atoms with Crippen molar-refractivity contribution in [1.82, 2.24) is 5.32 Å². The van der Waals surface area contributed by atoms with Gasteiger partial charge in [0.15, 0.2) is 0 Å². The highest BCUT2D eigenvalue weighted by Crippen LogP contribution is 2.38. The molecule has 1 aromatic heterocycles. The zero-order valence-electron chi connectivity index (χ0n) is 9.31. The highest BCUT2D eigenvalue weighted by molar-refractivity contribution is 9.10. The van der Waals surface area contributed by atoms with Crippen LogP contribution in [0, 0.1) is 5.82 Å². The second-order valence-corrected chi connectivity index (χ2v) is 7.11. The van der Waals surface area contributed by atoms with Crippen molar-refractivity contribution in [2.45, 2.75) is 6.04 Å². The lowest BCUT2D eigenvalue weighted by Crippen LogP contribution is -2.17. The van der Waals surface area contributed by atoms with Crippen LogP contribution in [0.3, 0.4) is 0 Å². The summed E-state index contributed by atoms with van der Waals surface area (Å²) in [5.41, 5.74) is 0.603. The van der Waals surface area contributed by atoms with Gasteiger partial charge >= 0.3 is 0 Å². The standard InChI is InChI=1S/C12H9Br2ClFNS/c1-17-11(10-5-8(14)12(15)18-10)7-3-2-6(13)4-9(7)16/h2-5,11,17H,1H3. The Hall–Kier alpha value is 0.0600. The monoisotopic (exact) mass is 411 g/mol. The average Bonchev–Trinajstić information content (AvgIpc) is 2.63. The van der Waals surface area contributed by atoms with E-state index in [9.17, 15) is 4.39 Å². The Labute approximate surface area is 131 Å². The number of rotatable bonds is 3. The molecule has 1 aromatic carbocycles. The van der Waals surface area contributed by atoms with Crippen LogP contribution in [-0.4, -0.2) is 7.05 Å². The van der Waals surface area contributed by atoms with E-state index in [1.54, 1.807) is 13.1 Å². The molecule has 96 valence electrons. The fourth-order valence-electron chi connectivity index (χ4n) is 1.69. The summed E-state index contributed by atoms with van der Waals surface area (Å²) in [6, 6.07) is 6.77. The Morgan fingerprint density at radius 3 is 2.56 bits per heavy atom. The molecule has 1 heterocycles. The largest absolute Gasteiger partial charge is 0.309 e. The molecule has 0 aliphatic heterocycles. The van der Waals surface area contributed by atoms with Crippen LogP contribution in [0.1, 0.15) is 16.5 Å². The van der Waals surface area contributed by atoms with E-state index in [0.717, 1.165) is 13.8 Å². The van der Waals surface area contributed by atoms with Gasteiger partial charge < -0.3 is 5.32 Å². The Morgan fingerprint density at radius 1 is 1.33 bits per heavy atom. The maximum absolute atomic E-state index is 14.0. The minimum absolute atomic E-state index is 0.202. The molecule has 0 spiro atoms. The number of nitrogens with one attached hydrogen (secondary N) is 1. The number of benzene rings is 1. The van der Waals surface area contributed by atoms with E-state index in [4.69, 9.17) is 11.6 Å². The first-order chi connectivity index (χ1) is 8.52. The quantitative estimate of drug-likeness (QED) is 0.713. The van der Waals surface area contributed by atoms with Crippen molar-refractivity contribution in [3.05, 3.63) is 53.8 Å². The lowest BCUT2D eigenvalue weighted by molar-refractivity contribution is 0.578. The topological polar surface area (TPSA) is 12.0 Å². The summed E-state index contributed by atoms with van der Waals surface area (Å²) in [6.45, 7) is 0. The Morgan fingerprint density at radius 2 is 2.06 bits per heavy atom. The number of thiophene rings is 1. The second-order valence-electron chi connectivity index (χ2n) is 3.66. The molecule has 0 saturated heterocycles. The van der Waals surface area contributed by atoms with Gasteiger partial charge in [0.2, 0.25) is 0 Å². The molecular weight excluding hydrogens is 404 g/mol. The number of hydrogen-bond acceptors (Lipinski definition) is 2. The highest BCUT2D eigenvalue weighted by atomic mass is 79.9. The van der Waals surface area contributed by atoms with Crippen LogP contribution in [0.25, 0.3) is 0 Å². The highest BCUT2D eigenvalue weighted by Gasteiger charge is 2.19. The third-order valence-corrected chi connectivity index (χ3v) is 5.54. The van der Waals surface area contributed by atoms with Crippen molar-refractivity contribution in [1.29, 1.82) is 0 Å². The molecule has 0 fully saturated rings. The minimum atomic E-state index is -0.246. The van der Waals surface area contributed by atoms with E-state index in [2.05, 4.69) is 37.2 Å². The van der Waals surface area contributed by atoms with Crippen molar-refractivity contribution in [3.8, 4) is 0 Å². The van der Waals surface area contributed by atoms with E-state index in [0.29, 0.717) is 9.90 Å². The Bertz CT molecular complexity index is 554. The zero-order chi connectivity index (χ0) is 13.3. The maximum Gasteiger partial charge on any atom is 0.129 e. The van der Waals surface area contributed by atoms with Crippen molar-refractivity contribution in [2.75, 3.05) is 7.05 Å². The molecule has 0 aliphatic rings. The molecule has 1 nitrogen and oxygen atoms in total. The van der Waals surface area contributed by atoms with Gasteiger partial charge in [-0.3, -0.25) is 0 Å². The molecular formula is C12H9Br2ClFNS. The van der Waals surface area contributed by atoms with Gasteiger partial charge in [0.1, 0.15) is 10.2 Å². The Balaban J connectivity index is 2.45. The molecule has 0 saturated carbocycles. The van der Waals surface area contributed by atoms with Gasteiger partial charge in [0, 0.05) is 19.4 Å². The summed E-state index contributed by atoms with van der Waals surface area (Å²) < 4.78 is 16.2. The molecule has 1 atom stereocenters. The first-order valence-electron chi connectivity index (χ1n) is 5.10. The molecule has 18 heavy (non-hydrogen) atoms. The van der Waals surface area contributed by atoms with E-state index in [1.165, 1.54) is 17.4 Å². The SMILES string of the molecule is CNC(c1cc(Br)c(Cl)s1)c1ccc(Br)cc1F. The van der Waals surface area contributed by atoms with Crippen LogP contribution in [0.2, 0.25) is 4.34 Å². The smallest absolute Gasteiger partial charge is 0.129 e. The molecule has 2 rings (SSSR count). The lowest BCUT2D eigenvalue weighted by atomic mass is 10.1. The summed E-state index contributed by atoms with van der Waals surface area (Å²) >= 11 is 14.1. The van der Waals surface area contributed by atoms with Gasteiger partial charge in [-0.1, -0.05) is 33.6 Å². The van der Waals surface area contributed by atoms with Crippen LogP contribution < -0.4 is 5.32 Å². The molecule has 0 bridgehead atoms. The van der Waals surface area contributed by atoms with Gasteiger partial charge in [-0.05, 0) is 41.2 Å². The van der Waals surface area contributed by atoms with E-state index >= 15 is 0 Å². The molecule has 0 aliphatic carbocycles. The summed E-state index contributed by atoms with van der Waals surface area (Å²) in [5.74, 6) is -0.246. The molecule has 0 amide bonds. The van der Waals surface area contributed by atoms with Gasteiger partial charge in [0.25, 0.3) is 0 Å². The molecule has 1 N–H and O–H groups in total. The second kappa shape index (κ2) is 6.01. The molecule has 0 radical (unpaired) electrons. The van der Waals surface area contributed by atoms with E-state index in [1.807, 2.05) is 12.1 Å². The molecule has 6 heteroatoms. The Kier molecular flexibility index (Phi) is 4.83. The minimum Gasteiger partial charge on any atom is -0.309 e. The fraction of sp³-hybridized carbons (Fsp3) is 0.167. The predicted molar refractivity (Wildman–Crippen MR) is 82.0 cm³/mol. The predicted octanol–water partition coefficient (Wildman–Crippen LogP) is 5.37. The van der Waals surface area contributed by atoms with Crippen LogP contribution in [0.5, 0.6) is 0 Å². The average molecular weight is 414 g/mol. The number of halogens is 4. The van der Waals surface area contributed by atoms with Crippen LogP contribution >= 0.6 is 54.8 Å². The summed E-state index contributed by atoms with van der Waals surface area (Å²) in [5, 5.41) is 3.11. The van der Waals surface area contributed by atoms with Crippen molar-refractivity contribution in [2.24, 2.45) is 0 Å². The lowest BCUT2D eigenvalue weighted by Gasteiger charge is -2.15. The molecule has 2 aromatic rings. The van der Waals surface area contributed by atoms with Gasteiger partial charge in [-0.25, -0.2) is 4.39 Å². The summed E-state index contributed by atoms with van der Waals surface area (Å²) in [4.78, 5) is 0.968. The van der Waals surface area contributed by atoms with Gasteiger partial charge in [-0.15, -0.1) is 11.3 Å².